The molecule has 0 aromatic heterocycles. The number of benzene rings is 1. The topological polar surface area (TPSA) is 81.8 Å². The van der Waals surface area contributed by atoms with Gasteiger partial charge in [-0.15, -0.1) is 0 Å². The van der Waals surface area contributed by atoms with Gasteiger partial charge in [0.1, 0.15) is 5.82 Å². The van der Waals surface area contributed by atoms with Gasteiger partial charge in [-0.25, -0.2) is 9.18 Å². The van der Waals surface area contributed by atoms with E-state index in [9.17, 15) is 18.8 Å². The van der Waals surface area contributed by atoms with Crippen molar-refractivity contribution in [1.82, 2.24) is 15.5 Å². The number of hydrogen-bond donors (Lipinski definition) is 2. The highest BCUT2D eigenvalue weighted by Crippen LogP contribution is 2.22. The van der Waals surface area contributed by atoms with E-state index in [1.54, 1.807) is 12.1 Å². The van der Waals surface area contributed by atoms with E-state index >= 15 is 0 Å². The number of anilines is 1. The van der Waals surface area contributed by atoms with Gasteiger partial charge in [-0.2, -0.15) is 0 Å². The molecule has 2 saturated heterocycles. The van der Waals surface area contributed by atoms with E-state index in [0.29, 0.717) is 38.2 Å². The molecular weight excluding hydrogens is 339 g/mol. The number of halogens is 1. The largest absolute Gasteiger partial charge is 0.343 e. The minimum Gasteiger partial charge on any atom is -0.343 e. The Labute approximate surface area is 151 Å². The van der Waals surface area contributed by atoms with Crippen molar-refractivity contribution in [2.45, 2.75) is 31.7 Å². The molecule has 1 aromatic carbocycles. The van der Waals surface area contributed by atoms with Gasteiger partial charge in [0.15, 0.2) is 0 Å². The molecule has 2 heterocycles. The zero-order valence-electron chi connectivity index (χ0n) is 14.5. The third-order valence-electron chi connectivity index (χ3n) is 4.64. The fraction of sp³-hybridized carbons (Fsp3) is 0.500. The van der Waals surface area contributed by atoms with Crippen molar-refractivity contribution in [2.75, 3.05) is 31.1 Å². The summed E-state index contributed by atoms with van der Waals surface area (Å²) in [6.45, 7) is 2.22. The second-order valence-electron chi connectivity index (χ2n) is 6.62. The zero-order valence-corrected chi connectivity index (χ0v) is 14.5. The number of carbonyl (C=O) groups excluding carboxylic acids is 3. The van der Waals surface area contributed by atoms with Gasteiger partial charge in [0.25, 0.3) is 0 Å². The number of carbonyl (C=O) groups is 3. The van der Waals surface area contributed by atoms with Crippen molar-refractivity contribution < 1.29 is 18.8 Å². The minimum atomic E-state index is -0.402. The van der Waals surface area contributed by atoms with Gasteiger partial charge >= 0.3 is 6.03 Å². The maximum atomic E-state index is 13.3. The average Bonchev–Trinajstić information content (AvgIpc) is 3.17. The van der Waals surface area contributed by atoms with Crippen molar-refractivity contribution in [3.8, 4) is 0 Å². The van der Waals surface area contributed by atoms with Crippen LogP contribution in [0.15, 0.2) is 24.3 Å². The smallest absolute Gasteiger partial charge is 0.315 e. The number of nitrogens with zero attached hydrogens (tertiary/aromatic N) is 2. The van der Waals surface area contributed by atoms with Crippen LogP contribution >= 0.6 is 0 Å². The highest BCUT2D eigenvalue weighted by Gasteiger charge is 2.31. The molecule has 140 valence electrons. The number of rotatable bonds is 6. The monoisotopic (exact) mass is 362 g/mol. The first-order valence-electron chi connectivity index (χ1n) is 8.91. The lowest BCUT2D eigenvalue weighted by molar-refractivity contribution is -0.127. The Morgan fingerprint density at radius 1 is 1.27 bits per heavy atom. The number of nitrogens with one attached hydrogen (secondary N) is 2. The van der Waals surface area contributed by atoms with Gasteiger partial charge in [0, 0.05) is 44.7 Å². The van der Waals surface area contributed by atoms with Gasteiger partial charge in [-0.3, -0.25) is 9.59 Å². The maximum Gasteiger partial charge on any atom is 0.315 e. The summed E-state index contributed by atoms with van der Waals surface area (Å²) >= 11 is 0. The Bertz CT molecular complexity index is 697. The van der Waals surface area contributed by atoms with Crippen LogP contribution in [0.5, 0.6) is 0 Å². The van der Waals surface area contributed by atoms with Crippen LogP contribution in [0, 0.1) is 5.82 Å². The third kappa shape index (κ3) is 4.50. The van der Waals surface area contributed by atoms with E-state index in [1.807, 2.05) is 4.90 Å². The molecular formula is C18H23FN4O3. The number of amides is 4. The van der Waals surface area contributed by atoms with Gasteiger partial charge in [-0.1, -0.05) is 6.07 Å². The van der Waals surface area contributed by atoms with Crippen LogP contribution in [0.3, 0.4) is 0 Å². The van der Waals surface area contributed by atoms with E-state index in [1.165, 1.54) is 17.0 Å². The van der Waals surface area contributed by atoms with E-state index in [2.05, 4.69) is 10.6 Å². The highest BCUT2D eigenvalue weighted by atomic mass is 19.1. The second-order valence-corrected chi connectivity index (χ2v) is 6.62. The summed E-state index contributed by atoms with van der Waals surface area (Å²) in [6, 6.07) is 5.20. The van der Waals surface area contributed by atoms with E-state index < -0.39 is 5.82 Å². The molecule has 0 saturated carbocycles. The van der Waals surface area contributed by atoms with Crippen LogP contribution in [0.1, 0.15) is 25.7 Å². The van der Waals surface area contributed by atoms with Crippen molar-refractivity contribution in [2.24, 2.45) is 0 Å². The first-order valence-corrected chi connectivity index (χ1v) is 8.91. The van der Waals surface area contributed by atoms with Gasteiger partial charge < -0.3 is 20.4 Å². The van der Waals surface area contributed by atoms with E-state index in [4.69, 9.17) is 0 Å². The summed E-state index contributed by atoms with van der Waals surface area (Å²) in [5, 5.41) is 5.52. The summed E-state index contributed by atoms with van der Waals surface area (Å²) in [5.74, 6) is -0.370. The van der Waals surface area contributed by atoms with Crippen molar-refractivity contribution >= 4 is 23.5 Å². The first-order chi connectivity index (χ1) is 12.5. The highest BCUT2D eigenvalue weighted by molar-refractivity contribution is 5.96. The van der Waals surface area contributed by atoms with Crippen LogP contribution in [-0.2, 0) is 9.59 Å². The second kappa shape index (κ2) is 8.16. The standard InChI is InChI=1S/C18H23FN4O3/c19-13-4-1-5-15(10-13)23-12-14(11-17(23)25)21-18(26)20-7-3-9-22-8-2-6-16(22)24/h1,4-5,10,14H,2-3,6-9,11-12H2,(H2,20,21,26)/t14-/m1/s1. The normalized spacial score (nSPS) is 20.0. The van der Waals surface area contributed by atoms with Crippen LogP contribution in [0.25, 0.3) is 0 Å². The molecule has 0 bridgehead atoms. The van der Waals surface area contributed by atoms with Gasteiger partial charge in [0.05, 0.1) is 6.04 Å². The molecule has 2 aliphatic rings. The number of likely N-dealkylation sites (tertiary alicyclic amines) is 1. The fourth-order valence-corrected chi connectivity index (χ4v) is 3.35. The lowest BCUT2D eigenvalue weighted by Crippen LogP contribution is -2.44. The molecule has 1 aromatic rings. The molecule has 7 nitrogen and oxygen atoms in total. The molecule has 2 N–H and O–H groups in total. The Morgan fingerprint density at radius 3 is 2.85 bits per heavy atom. The summed E-state index contributed by atoms with van der Waals surface area (Å²) in [7, 11) is 0. The Hall–Kier alpha value is -2.64. The Morgan fingerprint density at radius 2 is 2.12 bits per heavy atom. The average molecular weight is 362 g/mol. The van der Waals surface area contributed by atoms with Crippen LogP contribution in [-0.4, -0.2) is 55.0 Å². The lowest BCUT2D eigenvalue weighted by Gasteiger charge is -2.18. The first kappa shape index (κ1) is 18.2. The van der Waals surface area contributed by atoms with Crippen LogP contribution in [0.4, 0.5) is 14.9 Å². The predicted octanol–water partition coefficient (Wildman–Crippen LogP) is 1.24. The SMILES string of the molecule is O=C(NCCCN1CCCC1=O)N[C@@H]1CC(=O)N(c2cccc(F)c2)C1. The van der Waals surface area contributed by atoms with Gasteiger partial charge in [0.2, 0.25) is 11.8 Å². The molecule has 26 heavy (non-hydrogen) atoms. The molecule has 0 radical (unpaired) electrons. The summed E-state index contributed by atoms with van der Waals surface area (Å²) in [6.07, 6.45) is 2.40. The lowest BCUT2D eigenvalue weighted by atomic mass is 10.2. The molecule has 0 aliphatic carbocycles. The number of urea groups is 1. The fourth-order valence-electron chi connectivity index (χ4n) is 3.35. The van der Waals surface area contributed by atoms with Gasteiger partial charge in [-0.05, 0) is 31.0 Å². The maximum absolute atomic E-state index is 13.3. The third-order valence-corrected chi connectivity index (χ3v) is 4.64. The molecule has 0 spiro atoms. The molecule has 4 amide bonds. The zero-order chi connectivity index (χ0) is 18.5. The van der Waals surface area contributed by atoms with Crippen LogP contribution < -0.4 is 15.5 Å². The van der Waals surface area contributed by atoms with Crippen molar-refractivity contribution in [3.63, 3.8) is 0 Å². The molecule has 0 unspecified atom stereocenters. The predicted molar refractivity (Wildman–Crippen MR) is 94.1 cm³/mol. The molecule has 8 heteroatoms. The summed E-state index contributed by atoms with van der Waals surface area (Å²) in [4.78, 5) is 38.9. The van der Waals surface area contributed by atoms with E-state index in [-0.39, 0.29) is 30.3 Å². The molecule has 2 aliphatic heterocycles. The Balaban J connectivity index is 1.39. The van der Waals surface area contributed by atoms with Crippen molar-refractivity contribution in [3.05, 3.63) is 30.1 Å². The quantitative estimate of drug-likeness (QED) is 0.747. The molecule has 2 fully saturated rings. The summed E-state index contributed by atoms with van der Waals surface area (Å²) in [5.41, 5.74) is 0.495. The minimum absolute atomic E-state index is 0.145. The Kier molecular flexibility index (Phi) is 5.70. The van der Waals surface area contributed by atoms with E-state index in [0.717, 1.165) is 13.0 Å². The summed E-state index contributed by atoms with van der Waals surface area (Å²) < 4.78 is 13.3. The van der Waals surface area contributed by atoms with Crippen LogP contribution in [0.2, 0.25) is 0 Å². The molecule has 3 rings (SSSR count). The van der Waals surface area contributed by atoms with Crippen molar-refractivity contribution in [1.29, 1.82) is 0 Å². The molecule has 1 atom stereocenters. The number of hydrogen-bond acceptors (Lipinski definition) is 3.